The lowest BCUT2D eigenvalue weighted by Gasteiger charge is -2.11. The van der Waals surface area contributed by atoms with Crippen molar-refractivity contribution < 1.29 is 4.79 Å². The summed E-state index contributed by atoms with van der Waals surface area (Å²) in [5, 5.41) is 0. The van der Waals surface area contributed by atoms with E-state index in [1.54, 1.807) is 6.07 Å². The molecule has 1 amide bonds. The van der Waals surface area contributed by atoms with Crippen molar-refractivity contribution in [3.05, 3.63) is 35.4 Å². The molecular formula is C12H16N2O. The van der Waals surface area contributed by atoms with Gasteiger partial charge in [-0.05, 0) is 43.6 Å². The molecular weight excluding hydrogens is 188 g/mol. The number of likely N-dealkylation sites (N-methyl/N-ethyl adjacent to an activating group) is 1. The van der Waals surface area contributed by atoms with Crippen molar-refractivity contribution in [2.45, 2.75) is 12.3 Å². The van der Waals surface area contributed by atoms with Crippen molar-refractivity contribution in [1.82, 2.24) is 4.90 Å². The average Bonchev–Trinajstić information content (AvgIpc) is 2.65. The SMILES string of the molecule is CN1CCC(c2cccc(C(N)=O)c2)C1. The molecule has 80 valence electrons. The Kier molecular flexibility index (Phi) is 2.73. The molecule has 1 fully saturated rings. The van der Waals surface area contributed by atoms with Crippen LogP contribution in [0.3, 0.4) is 0 Å². The molecule has 0 radical (unpaired) electrons. The van der Waals surface area contributed by atoms with Gasteiger partial charge >= 0.3 is 0 Å². The van der Waals surface area contributed by atoms with Gasteiger partial charge in [0, 0.05) is 12.1 Å². The molecule has 1 unspecified atom stereocenters. The summed E-state index contributed by atoms with van der Waals surface area (Å²) in [6.07, 6.45) is 1.17. The zero-order chi connectivity index (χ0) is 10.8. The molecule has 1 aromatic carbocycles. The lowest BCUT2D eigenvalue weighted by molar-refractivity contribution is 0.1000. The number of nitrogens with two attached hydrogens (primary N) is 1. The van der Waals surface area contributed by atoms with E-state index in [1.165, 1.54) is 12.0 Å². The van der Waals surface area contributed by atoms with Gasteiger partial charge in [-0.25, -0.2) is 0 Å². The molecule has 1 heterocycles. The summed E-state index contributed by atoms with van der Waals surface area (Å²) in [7, 11) is 2.12. The summed E-state index contributed by atoms with van der Waals surface area (Å²) in [4.78, 5) is 13.4. The predicted octanol–water partition coefficient (Wildman–Crippen LogP) is 1.20. The van der Waals surface area contributed by atoms with Gasteiger partial charge < -0.3 is 10.6 Å². The number of benzene rings is 1. The van der Waals surface area contributed by atoms with Crippen LogP contribution in [0.1, 0.15) is 28.3 Å². The van der Waals surface area contributed by atoms with Crippen molar-refractivity contribution in [3.8, 4) is 0 Å². The van der Waals surface area contributed by atoms with E-state index in [0.717, 1.165) is 13.1 Å². The highest BCUT2D eigenvalue weighted by atomic mass is 16.1. The highest BCUT2D eigenvalue weighted by Crippen LogP contribution is 2.26. The van der Waals surface area contributed by atoms with Crippen LogP contribution in [0.2, 0.25) is 0 Å². The van der Waals surface area contributed by atoms with Gasteiger partial charge in [0.15, 0.2) is 0 Å². The minimum atomic E-state index is -0.344. The van der Waals surface area contributed by atoms with Gasteiger partial charge in [0.25, 0.3) is 0 Å². The van der Waals surface area contributed by atoms with Gasteiger partial charge in [-0.1, -0.05) is 12.1 Å². The fraction of sp³-hybridized carbons (Fsp3) is 0.417. The second-order valence-corrected chi connectivity index (χ2v) is 4.24. The monoisotopic (exact) mass is 204 g/mol. The maximum Gasteiger partial charge on any atom is 0.248 e. The van der Waals surface area contributed by atoms with Crippen LogP contribution in [0.4, 0.5) is 0 Å². The number of carbonyl (C=O) groups excluding carboxylic acids is 1. The van der Waals surface area contributed by atoms with Gasteiger partial charge in [-0.2, -0.15) is 0 Å². The lowest BCUT2D eigenvalue weighted by Crippen LogP contribution is -2.14. The molecule has 2 N–H and O–H groups in total. The first-order valence-electron chi connectivity index (χ1n) is 5.25. The van der Waals surface area contributed by atoms with Crippen LogP contribution < -0.4 is 5.73 Å². The van der Waals surface area contributed by atoms with Gasteiger partial charge in [0.1, 0.15) is 0 Å². The number of nitrogens with zero attached hydrogens (tertiary/aromatic N) is 1. The number of hydrogen-bond donors (Lipinski definition) is 1. The molecule has 0 saturated carbocycles. The molecule has 1 saturated heterocycles. The molecule has 1 aromatic rings. The van der Waals surface area contributed by atoms with Crippen LogP contribution in [0.15, 0.2) is 24.3 Å². The first-order valence-corrected chi connectivity index (χ1v) is 5.25. The number of amides is 1. The van der Waals surface area contributed by atoms with Crippen molar-refractivity contribution in [2.24, 2.45) is 5.73 Å². The van der Waals surface area contributed by atoms with E-state index in [4.69, 9.17) is 5.73 Å². The van der Waals surface area contributed by atoms with E-state index in [-0.39, 0.29) is 5.91 Å². The molecule has 1 aliphatic rings. The van der Waals surface area contributed by atoms with Crippen LogP contribution in [-0.4, -0.2) is 30.9 Å². The summed E-state index contributed by atoms with van der Waals surface area (Å²) in [5.41, 5.74) is 7.10. The maximum atomic E-state index is 11.0. The summed E-state index contributed by atoms with van der Waals surface area (Å²) in [5.74, 6) is 0.206. The van der Waals surface area contributed by atoms with Crippen molar-refractivity contribution >= 4 is 5.91 Å². The van der Waals surface area contributed by atoms with Crippen molar-refractivity contribution in [2.75, 3.05) is 20.1 Å². The van der Waals surface area contributed by atoms with Crippen molar-refractivity contribution in [3.63, 3.8) is 0 Å². The molecule has 0 aromatic heterocycles. The summed E-state index contributed by atoms with van der Waals surface area (Å²) < 4.78 is 0. The van der Waals surface area contributed by atoms with E-state index in [2.05, 4.69) is 18.0 Å². The third-order valence-corrected chi connectivity index (χ3v) is 3.03. The summed E-state index contributed by atoms with van der Waals surface area (Å²) >= 11 is 0. The maximum absolute atomic E-state index is 11.0. The van der Waals surface area contributed by atoms with Crippen LogP contribution >= 0.6 is 0 Å². The second-order valence-electron chi connectivity index (χ2n) is 4.24. The van der Waals surface area contributed by atoms with Crippen LogP contribution in [0.25, 0.3) is 0 Å². The van der Waals surface area contributed by atoms with Gasteiger partial charge in [-0.15, -0.1) is 0 Å². The molecule has 2 rings (SSSR count). The van der Waals surface area contributed by atoms with Gasteiger partial charge in [0.05, 0.1) is 0 Å². The summed E-state index contributed by atoms with van der Waals surface area (Å²) in [6.45, 7) is 2.20. The number of likely N-dealkylation sites (tertiary alicyclic amines) is 1. The highest BCUT2D eigenvalue weighted by Gasteiger charge is 2.21. The van der Waals surface area contributed by atoms with Crippen LogP contribution in [-0.2, 0) is 0 Å². The summed E-state index contributed by atoms with van der Waals surface area (Å²) in [6, 6.07) is 7.68. The minimum Gasteiger partial charge on any atom is -0.366 e. The number of hydrogen-bond acceptors (Lipinski definition) is 2. The quantitative estimate of drug-likeness (QED) is 0.787. The predicted molar refractivity (Wildman–Crippen MR) is 59.8 cm³/mol. The van der Waals surface area contributed by atoms with E-state index in [0.29, 0.717) is 11.5 Å². The molecule has 0 spiro atoms. The van der Waals surface area contributed by atoms with Gasteiger partial charge in [0.2, 0.25) is 5.91 Å². The molecule has 3 heteroatoms. The average molecular weight is 204 g/mol. The molecule has 3 nitrogen and oxygen atoms in total. The highest BCUT2D eigenvalue weighted by molar-refractivity contribution is 5.92. The fourth-order valence-corrected chi connectivity index (χ4v) is 2.15. The first-order chi connectivity index (χ1) is 7.16. The Labute approximate surface area is 89.9 Å². The first kappa shape index (κ1) is 10.2. The zero-order valence-corrected chi connectivity index (χ0v) is 8.94. The number of carbonyl (C=O) groups is 1. The number of primary amides is 1. The molecule has 1 aliphatic heterocycles. The van der Waals surface area contributed by atoms with Crippen LogP contribution in [0.5, 0.6) is 0 Å². The molecule has 1 atom stereocenters. The smallest absolute Gasteiger partial charge is 0.248 e. The normalized spacial score (nSPS) is 21.8. The Morgan fingerprint density at radius 3 is 2.93 bits per heavy atom. The Morgan fingerprint density at radius 2 is 2.33 bits per heavy atom. The zero-order valence-electron chi connectivity index (χ0n) is 8.94. The molecule has 15 heavy (non-hydrogen) atoms. The Hall–Kier alpha value is -1.35. The molecule has 0 aliphatic carbocycles. The second kappa shape index (κ2) is 4.03. The van der Waals surface area contributed by atoms with E-state index < -0.39 is 0 Å². The largest absolute Gasteiger partial charge is 0.366 e. The lowest BCUT2D eigenvalue weighted by atomic mass is 9.96. The topological polar surface area (TPSA) is 46.3 Å². The van der Waals surface area contributed by atoms with E-state index in [9.17, 15) is 4.79 Å². The Bertz CT molecular complexity index is 376. The van der Waals surface area contributed by atoms with Crippen molar-refractivity contribution in [1.29, 1.82) is 0 Å². The third kappa shape index (κ3) is 2.18. The fourth-order valence-electron chi connectivity index (χ4n) is 2.15. The van der Waals surface area contributed by atoms with E-state index >= 15 is 0 Å². The van der Waals surface area contributed by atoms with Gasteiger partial charge in [-0.3, -0.25) is 4.79 Å². The van der Waals surface area contributed by atoms with Crippen LogP contribution in [0, 0.1) is 0 Å². The van der Waals surface area contributed by atoms with E-state index in [1.807, 2.05) is 12.1 Å². The molecule has 0 bridgehead atoms. The standard InChI is InChI=1S/C12H16N2O/c1-14-6-5-11(8-14)9-3-2-4-10(7-9)12(13)15/h2-4,7,11H,5-6,8H2,1H3,(H2,13,15). The Balaban J connectivity index is 2.21. The third-order valence-electron chi connectivity index (χ3n) is 3.03. The number of rotatable bonds is 2. The minimum absolute atomic E-state index is 0.344. The Morgan fingerprint density at radius 1 is 1.53 bits per heavy atom.